The molecule has 6 heteroatoms. The Bertz CT molecular complexity index is 485. The van der Waals surface area contributed by atoms with E-state index in [1.54, 1.807) is 0 Å². The zero-order valence-corrected chi connectivity index (χ0v) is 9.16. The zero-order chi connectivity index (χ0) is 11.5. The second-order valence-corrected chi connectivity index (χ2v) is 4.43. The lowest BCUT2D eigenvalue weighted by atomic mass is 10.2. The predicted molar refractivity (Wildman–Crippen MR) is 61.8 cm³/mol. The summed E-state index contributed by atoms with van der Waals surface area (Å²) in [6, 6.07) is 7.57. The summed E-state index contributed by atoms with van der Waals surface area (Å²) in [6.07, 6.45) is 0. The summed E-state index contributed by atoms with van der Waals surface area (Å²) in [7, 11) is -0.476. The maximum Gasteiger partial charge on any atom is 0.281 e. The minimum Gasteiger partial charge on any atom is -0.467 e. The van der Waals surface area contributed by atoms with Gasteiger partial charge in [0.25, 0.3) is 5.91 Å². The highest BCUT2D eigenvalue weighted by atomic mass is 32.2. The van der Waals surface area contributed by atoms with Crippen LogP contribution in [0.1, 0.15) is 5.56 Å². The van der Waals surface area contributed by atoms with Crippen LogP contribution in [0.2, 0.25) is 0 Å². The number of hydroxylamine groups is 1. The highest BCUT2D eigenvalue weighted by Crippen LogP contribution is 2.36. The molecule has 0 bridgehead atoms. The first kappa shape index (κ1) is 10.8. The second kappa shape index (κ2) is 4.46. The van der Waals surface area contributed by atoms with Crippen molar-refractivity contribution in [2.24, 2.45) is 4.40 Å². The molecule has 84 valence electrons. The molecule has 1 aliphatic heterocycles. The van der Waals surface area contributed by atoms with Crippen LogP contribution < -0.4 is 5.48 Å². The Morgan fingerprint density at radius 2 is 2.31 bits per heavy atom. The lowest BCUT2D eigenvalue weighted by Crippen LogP contribution is -2.25. The van der Waals surface area contributed by atoms with Crippen molar-refractivity contribution in [3.05, 3.63) is 29.8 Å². The van der Waals surface area contributed by atoms with E-state index in [1.165, 1.54) is 5.48 Å². The van der Waals surface area contributed by atoms with E-state index >= 15 is 0 Å². The lowest BCUT2D eigenvalue weighted by Gasteiger charge is -2.04. The molecule has 16 heavy (non-hydrogen) atoms. The van der Waals surface area contributed by atoms with E-state index in [0.29, 0.717) is 5.90 Å². The van der Waals surface area contributed by atoms with Crippen molar-refractivity contribution in [3.8, 4) is 0 Å². The Morgan fingerprint density at radius 1 is 1.56 bits per heavy atom. The third kappa shape index (κ3) is 1.98. The van der Waals surface area contributed by atoms with Crippen LogP contribution in [0.15, 0.2) is 33.6 Å². The molecule has 1 aromatic carbocycles. The molecule has 1 atom stereocenters. The van der Waals surface area contributed by atoms with Gasteiger partial charge < -0.3 is 4.74 Å². The summed E-state index contributed by atoms with van der Waals surface area (Å²) in [5.41, 5.74) is 2.35. The SMILES string of the molecule is C=S1N=C(OCC(=O)NO)c2ccccc21. The van der Waals surface area contributed by atoms with Crippen LogP contribution in [-0.4, -0.2) is 29.5 Å². The summed E-state index contributed by atoms with van der Waals surface area (Å²) in [4.78, 5) is 11.8. The van der Waals surface area contributed by atoms with Gasteiger partial charge in [0.15, 0.2) is 6.61 Å². The second-order valence-electron chi connectivity index (χ2n) is 3.08. The molecule has 0 radical (unpaired) electrons. The highest BCUT2D eigenvalue weighted by Gasteiger charge is 2.19. The summed E-state index contributed by atoms with van der Waals surface area (Å²) in [5.74, 6) is 3.67. The molecule has 1 amide bonds. The zero-order valence-electron chi connectivity index (χ0n) is 8.34. The third-order valence-corrected chi connectivity index (χ3v) is 3.28. The van der Waals surface area contributed by atoms with E-state index < -0.39 is 16.6 Å². The van der Waals surface area contributed by atoms with Gasteiger partial charge in [-0.15, -0.1) is 0 Å². The van der Waals surface area contributed by atoms with E-state index in [4.69, 9.17) is 9.94 Å². The molecule has 1 heterocycles. The first-order valence-electron chi connectivity index (χ1n) is 4.50. The third-order valence-electron chi connectivity index (χ3n) is 2.03. The molecule has 0 fully saturated rings. The van der Waals surface area contributed by atoms with E-state index in [2.05, 4.69) is 10.3 Å². The van der Waals surface area contributed by atoms with E-state index in [-0.39, 0.29) is 6.61 Å². The maximum absolute atomic E-state index is 10.8. The molecule has 2 rings (SSSR count). The Kier molecular flexibility index (Phi) is 3.02. The number of hydrogen-bond donors (Lipinski definition) is 2. The van der Waals surface area contributed by atoms with Crippen molar-refractivity contribution in [1.29, 1.82) is 0 Å². The van der Waals surface area contributed by atoms with Crippen LogP contribution in [0.5, 0.6) is 0 Å². The number of carbonyl (C=O) groups is 1. The van der Waals surface area contributed by atoms with Crippen molar-refractivity contribution < 1.29 is 14.7 Å². The van der Waals surface area contributed by atoms with Gasteiger partial charge in [-0.3, -0.25) is 10.0 Å². The van der Waals surface area contributed by atoms with Gasteiger partial charge in [0.1, 0.15) is 0 Å². The van der Waals surface area contributed by atoms with Crippen molar-refractivity contribution in [1.82, 2.24) is 5.48 Å². The number of nitrogens with one attached hydrogen (secondary N) is 1. The standard InChI is InChI=1S/C10H10N2O3S/c1-16-8-5-3-2-4-7(8)10(12-16)15-6-9(13)11-14/h2-5,14H,1,6H2,(H,11,13). The average molecular weight is 238 g/mol. The number of ether oxygens (including phenoxy) is 1. The van der Waals surface area contributed by atoms with E-state index in [0.717, 1.165) is 10.5 Å². The van der Waals surface area contributed by atoms with Gasteiger partial charge in [-0.2, -0.15) is 4.40 Å². The number of benzene rings is 1. The van der Waals surface area contributed by atoms with Crippen LogP contribution in [-0.2, 0) is 9.53 Å². The number of fused-ring (bicyclic) bond motifs is 1. The molecule has 1 unspecified atom stereocenters. The summed E-state index contributed by atoms with van der Waals surface area (Å²) in [6.45, 7) is -0.263. The van der Waals surface area contributed by atoms with Crippen molar-refractivity contribution >= 4 is 28.3 Å². The summed E-state index contributed by atoms with van der Waals surface area (Å²) in [5, 5.41) is 8.33. The van der Waals surface area contributed by atoms with Gasteiger partial charge in [-0.05, 0) is 28.7 Å². The summed E-state index contributed by atoms with van der Waals surface area (Å²) >= 11 is 0. The first-order chi connectivity index (χ1) is 7.72. The fourth-order valence-electron chi connectivity index (χ4n) is 1.32. The highest BCUT2D eigenvalue weighted by molar-refractivity contribution is 8.13. The fraction of sp³-hybridized carbons (Fsp3) is 0.100. The van der Waals surface area contributed by atoms with Gasteiger partial charge in [0, 0.05) is 4.90 Å². The van der Waals surface area contributed by atoms with Gasteiger partial charge in [-0.25, -0.2) is 5.48 Å². The minimum atomic E-state index is -0.615. The first-order valence-corrected chi connectivity index (χ1v) is 5.85. The normalized spacial score (nSPS) is 17.6. The Hall–Kier alpha value is -1.66. The van der Waals surface area contributed by atoms with E-state index in [1.807, 2.05) is 24.3 Å². The fourth-order valence-corrected chi connectivity index (χ4v) is 2.41. The molecule has 0 aromatic heterocycles. The number of hydrogen-bond acceptors (Lipinski definition) is 4. The molecular weight excluding hydrogens is 228 g/mol. The van der Waals surface area contributed by atoms with Crippen LogP contribution in [0.25, 0.3) is 0 Å². The van der Waals surface area contributed by atoms with Gasteiger partial charge in [-0.1, -0.05) is 12.1 Å². The predicted octanol–water partition coefficient (Wildman–Crippen LogP) is 0.944. The van der Waals surface area contributed by atoms with Crippen LogP contribution in [0.4, 0.5) is 0 Å². The van der Waals surface area contributed by atoms with Crippen molar-refractivity contribution in [2.75, 3.05) is 6.61 Å². The number of nitrogens with zero attached hydrogens (tertiary/aromatic N) is 1. The Morgan fingerprint density at radius 3 is 3.06 bits per heavy atom. The average Bonchev–Trinajstić information content (AvgIpc) is 2.64. The van der Waals surface area contributed by atoms with E-state index in [9.17, 15) is 4.79 Å². The Balaban J connectivity index is 2.16. The molecule has 1 aromatic rings. The van der Waals surface area contributed by atoms with Crippen molar-refractivity contribution in [2.45, 2.75) is 4.90 Å². The van der Waals surface area contributed by atoms with Crippen LogP contribution in [0, 0.1) is 0 Å². The maximum atomic E-state index is 10.8. The van der Waals surface area contributed by atoms with Gasteiger partial charge >= 0.3 is 0 Å². The molecule has 0 saturated carbocycles. The Labute approximate surface area is 94.8 Å². The molecule has 2 N–H and O–H groups in total. The van der Waals surface area contributed by atoms with Gasteiger partial charge in [0.2, 0.25) is 5.90 Å². The molecular formula is C10H10N2O3S. The number of rotatable bonds is 2. The van der Waals surface area contributed by atoms with Crippen LogP contribution >= 0.6 is 10.7 Å². The molecule has 1 aliphatic rings. The molecule has 5 nitrogen and oxygen atoms in total. The topological polar surface area (TPSA) is 70.9 Å². The number of carbonyl (C=O) groups excluding carboxylic acids is 1. The van der Waals surface area contributed by atoms with Crippen LogP contribution in [0.3, 0.4) is 0 Å². The number of amides is 1. The molecule has 0 aliphatic carbocycles. The summed E-state index contributed by atoms with van der Waals surface area (Å²) < 4.78 is 9.41. The minimum absolute atomic E-state index is 0.263. The van der Waals surface area contributed by atoms with Crippen molar-refractivity contribution in [3.63, 3.8) is 0 Å². The molecule has 0 saturated heterocycles. The largest absolute Gasteiger partial charge is 0.467 e. The quantitative estimate of drug-likeness (QED) is 0.457. The monoisotopic (exact) mass is 238 g/mol. The smallest absolute Gasteiger partial charge is 0.281 e. The van der Waals surface area contributed by atoms with Gasteiger partial charge in [0.05, 0.1) is 5.56 Å². The molecule has 0 spiro atoms. The lowest BCUT2D eigenvalue weighted by molar-refractivity contribution is -0.131.